The van der Waals surface area contributed by atoms with Gasteiger partial charge < -0.3 is 20.3 Å². The lowest BCUT2D eigenvalue weighted by Crippen LogP contribution is -2.39. The van der Waals surface area contributed by atoms with E-state index in [4.69, 9.17) is 14.7 Å². The fourth-order valence-corrected chi connectivity index (χ4v) is 6.32. The Morgan fingerprint density at radius 3 is 2.44 bits per heavy atom. The van der Waals surface area contributed by atoms with Crippen LogP contribution in [0.1, 0.15) is 34.7 Å². The van der Waals surface area contributed by atoms with Gasteiger partial charge in [-0.1, -0.05) is 36.4 Å². The first-order valence-corrected chi connectivity index (χ1v) is 16.2. The molecule has 12 heteroatoms. The van der Waals surface area contributed by atoms with Crippen molar-refractivity contribution in [2.75, 3.05) is 37.4 Å². The van der Waals surface area contributed by atoms with Gasteiger partial charge >= 0.3 is 0 Å². The van der Waals surface area contributed by atoms with Gasteiger partial charge in [-0.05, 0) is 78.9 Å². The van der Waals surface area contributed by atoms with Crippen LogP contribution in [0.2, 0.25) is 0 Å². The molecule has 6 aromatic rings. The average Bonchev–Trinajstić information content (AvgIpc) is 3.52. The van der Waals surface area contributed by atoms with Crippen molar-refractivity contribution < 1.29 is 23.1 Å². The molecule has 7 rings (SSSR count). The number of hydrogen-bond donors (Lipinski definition) is 2. The number of benzene rings is 3. The van der Waals surface area contributed by atoms with Crippen molar-refractivity contribution in [3.63, 3.8) is 0 Å². The second-order valence-electron chi connectivity index (χ2n) is 12.0. The minimum Gasteiger partial charge on any atom is -0.375 e. The van der Waals surface area contributed by atoms with Crippen molar-refractivity contribution in [3.05, 3.63) is 126 Å². The van der Waals surface area contributed by atoms with Crippen molar-refractivity contribution in [2.24, 2.45) is 0 Å². The van der Waals surface area contributed by atoms with E-state index in [9.17, 15) is 18.4 Å². The number of amides is 2. The molecule has 2 amide bonds. The summed E-state index contributed by atoms with van der Waals surface area (Å²) >= 11 is 0. The van der Waals surface area contributed by atoms with Crippen LogP contribution >= 0.6 is 0 Å². The Kier molecular flexibility index (Phi) is 9.26. The van der Waals surface area contributed by atoms with Crippen LogP contribution < -0.4 is 10.6 Å². The maximum absolute atomic E-state index is 14.3. The van der Waals surface area contributed by atoms with Gasteiger partial charge in [0, 0.05) is 49.5 Å². The number of likely N-dealkylation sites (tertiary alicyclic amines) is 1. The number of nitrogens with one attached hydrogen (secondary N) is 2. The van der Waals surface area contributed by atoms with Crippen LogP contribution in [-0.4, -0.2) is 62.9 Å². The van der Waals surface area contributed by atoms with Crippen LogP contribution in [0.15, 0.2) is 103 Å². The fourth-order valence-electron chi connectivity index (χ4n) is 6.32. The zero-order chi connectivity index (χ0) is 34.6. The zero-order valence-corrected chi connectivity index (χ0v) is 27.1. The number of imidazole rings is 1. The third kappa shape index (κ3) is 6.78. The molecule has 2 N–H and O–H groups in total. The second-order valence-corrected chi connectivity index (χ2v) is 12.0. The highest BCUT2D eigenvalue weighted by Crippen LogP contribution is 2.34. The summed E-state index contributed by atoms with van der Waals surface area (Å²) in [5, 5.41) is 5.96. The Morgan fingerprint density at radius 2 is 1.64 bits per heavy atom. The van der Waals surface area contributed by atoms with E-state index < -0.39 is 23.1 Å². The molecular formula is C38H33F2N7O3. The molecule has 0 aliphatic carbocycles. The van der Waals surface area contributed by atoms with Crippen molar-refractivity contribution in [3.8, 4) is 22.6 Å². The predicted molar refractivity (Wildman–Crippen MR) is 186 cm³/mol. The van der Waals surface area contributed by atoms with Gasteiger partial charge in [0.25, 0.3) is 5.91 Å². The van der Waals surface area contributed by atoms with E-state index in [1.807, 2.05) is 51.9 Å². The molecule has 1 fully saturated rings. The van der Waals surface area contributed by atoms with E-state index in [2.05, 4.69) is 27.8 Å². The van der Waals surface area contributed by atoms with Crippen LogP contribution in [0.25, 0.3) is 28.3 Å². The third-order valence-corrected chi connectivity index (χ3v) is 8.74. The van der Waals surface area contributed by atoms with E-state index in [-0.39, 0.29) is 12.5 Å². The van der Waals surface area contributed by atoms with Gasteiger partial charge in [-0.15, -0.1) is 0 Å². The van der Waals surface area contributed by atoms with Crippen molar-refractivity contribution in [2.45, 2.75) is 18.8 Å². The molecule has 0 radical (unpaired) electrons. The normalized spacial score (nSPS) is 13.4. The second kappa shape index (κ2) is 14.2. The molecule has 4 heterocycles. The average molecular weight is 674 g/mol. The summed E-state index contributed by atoms with van der Waals surface area (Å²) in [6, 6.07) is 25.8. The molecule has 0 spiro atoms. The minimum atomic E-state index is -0.946. The molecule has 252 valence electrons. The van der Waals surface area contributed by atoms with Crippen LogP contribution in [0.5, 0.6) is 0 Å². The summed E-state index contributed by atoms with van der Waals surface area (Å²) in [6.45, 7) is 1.48. The Bertz CT molecular complexity index is 2180. The number of ether oxygens (including phenoxy) is 1. The highest BCUT2D eigenvalue weighted by atomic mass is 19.1. The number of anilines is 3. The Balaban J connectivity index is 1.15. The number of halogens is 2. The molecule has 1 aliphatic rings. The summed E-state index contributed by atoms with van der Waals surface area (Å²) in [4.78, 5) is 41.2. The lowest BCUT2D eigenvalue weighted by molar-refractivity contribution is -0.136. The number of fused-ring (bicyclic) bond motifs is 1. The van der Waals surface area contributed by atoms with Gasteiger partial charge in [0.1, 0.15) is 29.5 Å². The van der Waals surface area contributed by atoms with Crippen molar-refractivity contribution in [1.29, 1.82) is 0 Å². The Hall–Kier alpha value is -6.01. The molecule has 0 saturated carbocycles. The SMILES string of the molecule is COCC(=O)N1CCC(c2cccc(Nc3nccc(-c4c(-c5cccc(NC(=O)c6c(F)cccc6F)c5)nc5ccccn45)n3)c2)CC1. The van der Waals surface area contributed by atoms with Gasteiger partial charge in [-0.2, -0.15) is 0 Å². The van der Waals surface area contributed by atoms with E-state index >= 15 is 0 Å². The molecule has 0 unspecified atom stereocenters. The molecule has 1 aliphatic heterocycles. The van der Waals surface area contributed by atoms with E-state index in [0.29, 0.717) is 58.9 Å². The smallest absolute Gasteiger partial charge is 0.261 e. The first-order valence-electron chi connectivity index (χ1n) is 16.2. The number of pyridine rings is 1. The first-order chi connectivity index (χ1) is 24.4. The number of rotatable bonds is 9. The van der Waals surface area contributed by atoms with Crippen molar-refractivity contribution >= 4 is 34.8 Å². The Labute approximate surface area is 286 Å². The molecular weight excluding hydrogens is 640 g/mol. The topological polar surface area (TPSA) is 114 Å². The maximum Gasteiger partial charge on any atom is 0.261 e. The summed E-state index contributed by atoms with van der Waals surface area (Å²) in [6.07, 6.45) is 5.30. The predicted octanol–water partition coefficient (Wildman–Crippen LogP) is 7.08. The molecule has 0 bridgehead atoms. The number of nitrogens with zero attached hydrogens (tertiary/aromatic N) is 5. The molecule has 3 aromatic heterocycles. The first kappa shape index (κ1) is 32.5. The number of hydrogen-bond acceptors (Lipinski definition) is 7. The lowest BCUT2D eigenvalue weighted by atomic mass is 9.89. The third-order valence-electron chi connectivity index (χ3n) is 8.74. The van der Waals surface area contributed by atoms with Gasteiger partial charge in [-0.3, -0.25) is 14.0 Å². The van der Waals surface area contributed by atoms with E-state index in [0.717, 1.165) is 30.7 Å². The van der Waals surface area contributed by atoms with Gasteiger partial charge in [0.15, 0.2) is 0 Å². The summed E-state index contributed by atoms with van der Waals surface area (Å²) < 4.78 is 35.5. The number of methoxy groups -OCH3 is 1. The monoisotopic (exact) mass is 673 g/mol. The number of piperidine rings is 1. The van der Waals surface area contributed by atoms with Gasteiger partial charge in [0.05, 0.1) is 17.1 Å². The summed E-state index contributed by atoms with van der Waals surface area (Å²) in [5.74, 6) is -2.06. The standard InChI is InChI=1S/C38H33F2N7O3/c1-50-23-33(48)46-19-15-24(16-20-46)25-7-4-10-28(21-25)43-38-41-17-14-31(44-38)36-35(45-32-13-2-3-18-47(32)36)26-8-5-9-27(22-26)42-37(49)34-29(39)11-6-12-30(34)40/h2-14,17-18,21-22,24H,15-16,19-20,23H2,1H3,(H,42,49)(H,41,43,44). The molecule has 1 saturated heterocycles. The number of aromatic nitrogens is 4. The highest BCUT2D eigenvalue weighted by molar-refractivity contribution is 6.05. The molecule has 10 nitrogen and oxygen atoms in total. The van der Waals surface area contributed by atoms with E-state index in [1.54, 1.807) is 30.5 Å². The molecule has 50 heavy (non-hydrogen) atoms. The fraction of sp³-hybridized carbons (Fsp3) is 0.184. The number of carbonyl (C=O) groups is 2. The van der Waals surface area contributed by atoms with Gasteiger partial charge in [0.2, 0.25) is 11.9 Å². The van der Waals surface area contributed by atoms with Crippen LogP contribution in [0.3, 0.4) is 0 Å². The zero-order valence-electron chi connectivity index (χ0n) is 27.1. The molecule has 0 atom stereocenters. The largest absolute Gasteiger partial charge is 0.375 e. The number of carbonyl (C=O) groups excluding carboxylic acids is 2. The van der Waals surface area contributed by atoms with E-state index in [1.165, 1.54) is 18.7 Å². The van der Waals surface area contributed by atoms with Crippen LogP contribution in [0.4, 0.5) is 26.1 Å². The lowest BCUT2D eigenvalue weighted by Gasteiger charge is -2.32. The molecule has 3 aromatic carbocycles. The van der Waals surface area contributed by atoms with Crippen molar-refractivity contribution in [1.82, 2.24) is 24.3 Å². The minimum absolute atomic E-state index is 0.0171. The Morgan fingerprint density at radius 1 is 0.880 bits per heavy atom. The highest BCUT2D eigenvalue weighted by Gasteiger charge is 2.24. The summed E-state index contributed by atoms with van der Waals surface area (Å²) in [5.41, 5.74) is 4.92. The maximum atomic E-state index is 14.3. The van der Waals surface area contributed by atoms with Gasteiger partial charge in [-0.25, -0.2) is 23.7 Å². The van der Waals surface area contributed by atoms with Crippen LogP contribution in [0, 0.1) is 11.6 Å². The van der Waals surface area contributed by atoms with Crippen LogP contribution in [-0.2, 0) is 9.53 Å². The quantitative estimate of drug-likeness (QED) is 0.169. The summed E-state index contributed by atoms with van der Waals surface area (Å²) in [7, 11) is 1.53.